The van der Waals surface area contributed by atoms with Crippen molar-refractivity contribution in [2.75, 3.05) is 25.6 Å². The van der Waals surface area contributed by atoms with Gasteiger partial charge in [0.1, 0.15) is 12.6 Å². The Bertz CT molecular complexity index is 236. The highest BCUT2D eigenvalue weighted by Gasteiger charge is 2.18. The van der Waals surface area contributed by atoms with E-state index in [2.05, 4.69) is 24.9 Å². The van der Waals surface area contributed by atoms with Crippen molar-refractivity contribution in [3.05, 3.63) is 0 Å². The quantitative estimate of drug-likeness (QED) is 0.366. The highest BCUT2D eigenvalue weighted by atomic mass is 32.1. The topological polar surface area (TPSA) is 64.6 Å². The first kappa shape index (κ1) is 16.2. The summed E-state index contributed by atoms with van der Waals surface area (Å²) in [6.45, 7) is 4.68. The molecular formula is C11H21NO4S. The fourth-order valence-corrected chi connectivity index (χ4v) is 1.32. The molecule has 0 saturated heterocycles. The number of ether oxygens (including phenoxy) is 2. The van der Waals surface area contributed by atoms with E-state index in [1.165, 1.54) is 6.92 Å². The Kier molecular flexibility index (Phi) is 9.95. The van der Waals surface area contributed by atoms with Crippen LogP contribution in [-0.2, 0) is 19.1 Å². The van der Waals surface area contributed by atoms with Crippen molar-refractivity contribution < 1.29 is 19.1 Å². The Hall–Kier alpha value is -0.750. The smallest absolute Gasteiger partial charge is 0.329 e. The molecule has 0 aliphatic rings. The lowest BCUT2D eigenvalue weighted by molar-refractivity contribution is -0.148. The summed E-state index contributed by atoms with van der Waals surface area (Å²) < 4.78 is 10.2. The molecule has 0 fully saturated rings. The predicted molar refractivity (Wildman–Crippen MR) is 68.1 cm³/mol. The van der Waals surface area contributed by atoms with Crippen LogP contribution in [0.3, 0.4) is 0 Å². The van der Waals surface area contributed by atoms with Crippen molar-refractivity contribution in [1.29, 1.82) is 0 Å². The van der Waals surface area contributed by atoms with Crippen LogP contribution in [-0.4, -0.2) is 43.5 Å². The van der Waals surface area contributed by atoms with Crippen LogP contribution in [0.4, 0.5) is 0 Å². The van der Waals surface area contributed by atoms with Crippen molar-refractivity contribution in [2.24, 2.45) is 0 Å². The average molecular weight is 263 g/mol. The van der Waals surface area contributed by atoms with Crippen LogP contribution in [0.2, 0.25) is 0 Å². The number of rotatable bonds is 9. The first-order valence-electron chi connectivity index (χ1n) is 5.74. The Morgan fingerprint density at radius 3 is 2.53 bits per heavy atom. The maximum Gasteiger partial charge on any atom is 0.329 e. The van der Waals surface area contributed by atoms with Gasteiger partial charge in [0.2, 0.25) is 5.91 Å². The highest BCUT2D eigenvalue weighted by Crippen LogP contribution is 1.94. The number of unbranched alkanes of at least 4 members (excludes halogenated alkanes) is 1. The van der Waals surface area contributed by atoms with Crippen LogP contribution in [0, 0.1) is 0 Å². The molecule has 0 bridgehead atoms. The highest BCUT2D eigenvalue weighted by molar-refractivity contribution is 7.80. The number of amides is 1. The number of carbonyl (C=O) groups is 2. The summed E-state index contributed by atoms with van der Waals surface area (Å²) in [5.41, 5.74) is 0. The third kappa shape index (κ3) is 9.00. The van der Waals surface area contributed by atoms with Gasteiger partial charge in [0.15, 0.2) is 0 Å². The van der Waals surface area contributed by atoms with E-state index in [9.17, 15) is 9.59 Å². The zero-order valence-corrected chi connectivity index (χ0v) is 11.3. The van der Waals surface area contributed by atoms with Gasteiger partial charge in [-0.15, -0.1) is 0 Å². The minimum absolute atomic E-state index is 0.201. The van der Waals surface area contributed by atoms with Gasteiger partial charge < -0.3 is 14.8 Å². The van der Waals surface area contributed by atoms with Gasteiger partial charge in [-0.1, -0.05) is 13.3 Å². The Morgan fingerprint density at radius 2 is 2.00 bits per heavy atom. The first-order valence-corrected chi connectivity index (χ1v) is 6.37. The summed E-state index contributed by atoms with van der Waals surface area (Å²) in [7, 11) is 0. The van der Waals surface area contributed by atoms with Crippen molar-refractivity contribution in [1.82, 2.24) is 5.32 Å². The van der Waals surface area contributed by atoms with E-state index in [0.29, 0.717) is 13.2 Å². The fourth-order valence-electron chi connectivity index (χ4n) is 1.07. The molecule has 0 aromatic heterocycles. The maximum atomic E-state index is 11.5. The molecule has 0 radical (unpaired) electrons. The molecule has 0 heterocycles. The standard InChI is InChI=1S/C11H21NO4S/c1-3-4-5-15-6-7-16-11(14)10(8-17)12-9(2)13/h10,17H,3-8H2,1-2H3,(H,12,13). The summed E-state index contributed by atoms with van der Waals surface area (Å²) in [4.78, 5) is 22.2. The van der Waals surface area contributed by atoms with Gasteiger partial charge in [-0.25, -0.2) is 4.79 Å². The molecule has 0 rings (SSSR count). The van der Waals surface area contributed by atoms with Gasteiger partial charge in [0, 0.05) is 19.3 Å². The fraction of sp³-hybridized carbons (Fsp3) is 0.818. The van der Waals surface area contributed by atoms with Gasteiger partial charge in [-0.2, -0.15) is 12.6 Å². The molecule has 6 heteroatoms. The van der Waals surface area contributed by atoms with E-state index < -0.39 is 12.0 Å². The zero-order chi connectivity index (χ0) is 13.1. The van der Waals surface area contributed by atoms with E-state index in [0.717, 1.165) is 12.8 Å². The summed E-state index contributed by atoms with van der Waals surface area (Å²) >= 11 is 3.97. The molecular weight excluding hydrogens is 242 g/mol. The van der Waals surface area contributed by atoms with Gasteiger partial charge in [0.25, 0.3) is 0 Å². The molecule has 0 aromatic carbocycles. The lowest BCUT2D eigenvalue weighted by Gasteiger charge is -2.14. The number of nitrogens with one attached hydrogen (secondary N) is 1. The number of carbonyl (C=O) groups excluding carboxylic acids is 2. The molecule has 1 N–H and O–H groups in total. The number of hydrogen-bond donors (Lipinski definition) is 2. The van der Waals surface area contributed by atoms with Crippen LogP contribution < -0.4 is 5.32 Å². The summed E-state index contributed by atoms with van der Waals surface area (Å²) in [5, 5.41) is 2.46. The van der Waals surface area contributed by atoms with E-state index in [4.69, 9.17) is 9.47 Å². The van der Waals surface area contributed by atoms with E-state index >= 15 is 0 Å². The Labute approximate surface area is 108 Å². The summed E-state index contributed by atoms with van der Waals surface area (Å²) in [6, 6.07) is -0.688. The van der Waals surface area contributed by atoms with E-state index in [1.54, 1.807) is 0 Å². The second-order valence-corrected chi connectivity index (χ2v) is 3.93. The van der Waals surface area contributed by atoms with E-state index in [-0.39, 0.29) is 18.3 Å². The number of esters is 1. The summed E-state index contributed by atoms with van der Waals surface area (Å²) in [5.74, 6) is -0.538. The lowest BCUT2D eigenvalue weighted by atomic mass is 10.3. The van der Waals surface area contributed by atoms with Gasteiger partial charge in [-0.05, 0) is 6.42 Å². The van der Waals surface area contributed by atoms with Crippen LogP contribution in [0.15, 0.2) is 0 Å². The molecule has 1 unspecified atom stereocenters. The van der Waals surface area contributed by atoms with Crippen LogP contribution in [0.1, 0.15) is 26.7 Å². The molecule has 0 spiro atoms. The van der Waals surface area contributed by atoms with Crippen LogP contribution in [0.25, 0.3) is 0 Å². The second-order valence-electron chi connectivity index (χ2n) is 3.57. The first-order chi connectivity index (χ1) is 8.11. The third-order valence-corrected chi connectivity index (χ3v) is 2.32. The minimum Gasteiger partial charge on any atom is -0.462 e. The molecule has 0 aliphatic heterocycles. The third-order valence-electron chi connectivity index (χ3n) is 1.96. The predicted octanol–water partition coefficient (Wildman–Crippen LogP) is 0.781. The maximum absolute atomic E-state index is 11.5. The van der Waals surface area contributed by atoms with Gasteiger partial charge in [0.05, 0.1) is 6.61 Å². The monoisotopic (exact) mass is 263 g/mol. The number of thiol groups is 1. The van der Waals surface area contributed by atoms with Crippen molar-refractivity contribution in [2.45, 2.75) is 32.7 Å². The molecule has 100 valence electrons. The van der Waals surface area contributed by atoms with Crippen LogP contribution >= 0.6 is 12.6 Å². The average Bonchev–Trinajstić information content (AvgIpc) is 2.30. The van der Waals surface area contributed by atoms with Crippen molar-refractivity contribution >= 4 is 24.5 Å². The minimum atomic E-state index is -0.688. The van der Waals surface area contributed by atoms with Crippen molar-refractivity contribution in [3.63, 3.8) is 0 Å². The Morgan fingerprint density at radius 1 is 1.29 bits per heavy atom. The second kappa shape index (κ2) is 10.4. The SMILES string of the molecule is CCCCOCCOC(=O)C(CS)NC(C)=O. The molecule has 17 heavy (non-hydrogen) atoms. The summed E-state index contributed by atoms with van der Waals surface area (Å²) in [6.07, 6.45) is 2.07. The lowest BCUT2D eigenvalue weighted by Crippen LogP contribution is -2.42. The van der Waals surface area contributed by atoms with E-state index in [1.807, 2.05) is 0 Å². The number of hydrogen-bond acceptors (Lipinski definition) is 5. The molecule has 0 aliphatic carbocycles. The van der Waals surface area contributed by atoms with Crippen molar-refractivity contribution in [3.8, 4) is 0 Å². The normalized spacial score (nSPS) is 11.9. The molecule has 0 aromatic rings. The molecule has 1 amide bonds. The van der Waals surface area contributed by atoms with Gasteiger partial charge >= 0.3 is 5.97 Å². The Balaban J connectivity index is 3.64. The van der Waals surface area contributed by atoms with Crippen LogP contribution in [0.5, 0.6) is 0 Å². The zero-order valence-electron chi connectivity index (χ0n) is 10.4. The molecule has 1 atom stereocenters. The van der Waals surface area contributed by atoms with Gasteiger partial charge in [-0.3, -0.25) is 4.79 Å². The molecule has 0 saturated carbocycles. The largest absolute Gasteiger partial charge is 0.462 e. The molecule has 5 nitrogen and oxygen atoms in total.